The molecule has 0 aliphatic heterocycles. The van der Waals surface area contributed by atoms with Gasteiger partial charge in [0.05, 0.1) is 10.6 Å². The molecule has 0 aliphatic carbocycles. The molecule has 0 saturated heterocycles. The summed E-state index contributed by atoms with van der Waals surface area (Å²) in [5.41, 5.74) is 1.24. The number of carbonyl (C=O) groups is 2. The standard InChI is InChI=1S/C17H16Cl2N2O2/c18-14-7-3-1-5-12(14)11-21-16(22)9-10-20-17(23)13-6-2-4-8-15(13)19/h1-8H,9-11H2,(H,20,23)(H,21,22). The summed E-state index contributed by atoms with van der Waals surface area (Å²) in [5.74, 6) is -0.459. The molecular weight excluding hydrogens is 335 g/mol. The molecule has 0 heterocycles. The van der Waals surface area contributed by atoms with Crippen LogP contribution < -0.4 is 10.6 Å². The third-order valence-electron chi connectivity index (χ3n) is 3.19. The van der Waals surface area contributed by atoms with E-state index in [-0.39, 0.29) is 24.8 Å². The van der Waals surface area contributed by atoms with Gasteiger partial charge in [-0.15, -0.1) is 0 Å². The summed E-state index contributed by atoms with van der Waals surface area (Å²) in [4.78, 5) is 23.7. The zero-order valence-electron chi connectivity index (χ0n) is 12.3. The van der Waals surface area contributed by atoms with Gasteiger partial charge in [-0.2, -0.15) is 0 Å². The molecule has 0 unspecified atom stereocenters. The van der Waals surface area contributed by atoms with Crippen molar-refractivity contribution in [1.29, 1.82) is 0 Å². The van der Waals surface area contributed by atoms with E-state index in [1.165, 1.54) is 0 Å². The van der Waals surface area contributed by atoms with Crippen molar-refractivity contribution in [3.05, 3.63) is 69.7 Å². The normalized spacial score (nSPS) is 10.2. The quantitative estimate of drug-likeness (QED) is 0.838. The monoisotopic (exact) mass is 350 g/mol. The van der Waals surface area contributed by atoms with E-state index in [1.807, 2.05) is 18.2 Å². The SMILES string of the molecule is O=C(CCNC(=O)c1ccccc1Cl)NCc1ccccc1Cl. The van der Waals surface area contributed by atoms with Crippen molar-refractivity contribution in [2.24, 2.45) is 0 Å². The molecule has 120 valence electrons. The molecule has 0 radical (unpaired) electrons. The van der Waals surface area contributed by atoms with Gasteiger partial charge in [-0.1, -0.05) is 53.5 Å². The van der Waals surface area contributed by atoms with Crippen molar-refractivity contribution < 1.29 is 9.59 Å². The molecule has 23 heavy (non-hydrogen) atoms. The fraction of sp³-hybridized carbons (Fsp3) is 0.176. The first-order chi connectivity index (χ1) is 11.1. The van der Waals surface area contributed by atoms with Gasteiger partial charge in [-0.3, -0.25) is 9.59 Å². The van der Waals surface area contributed by atoms with Crippen LogP contribution in [0.5, 0.6) is 0 Å². The number of hydrogen-bond acceptors (Lipinski definition) is 2. The Morgan fingerprint density at radius 2 is 1.52 bits per heavy atom. The molecule has 0 aromatic heterocycles. The van der Waals surface area contributed by atoms with Crippen LogP contribution in [-0.4, -0.2) is 18.4 Å². The van der Waals surface area contributed by atoms with Crippen LogP contribution in [0.4, 0.5) is 0 Å². The van der Waals surface area contributed by atoms with Crippen LogP contribution in [0.3, 0.4) is 0 Å². The Morgan fingerprint density at radius 3 is 2.22 bits per heavy atom. The molecular formula is C17H16Cl2N2O2. The summed E-state index contributed by atoms with van der Waals surface area (Å²) >= 11 is 12.0. The van der Waals surface area contributed by atoms with Gasteiger partial charge in [0.1, 0.15) is 0 Å². The Labute approximate surface area is 144 Å². The highest BCUT2D eigenvalue weighted by atomic mass is 35.5. The van der Waals surface area contributed by atoms with Gasteiger partial charge in [0.25, 0.3) is 5.91 Å². The number of benzene rings is 2. The molecule has 0 fully saturated rings. The van der Waals surface area contributed by atoms with Gasteiger partial charge in [0.15, 0.2) is 0 Å². The lowest BCUT2D eigenvalue weighted by Gasteiger charge is -2.08. The lowest BCUT2D eigenvalue weighted by Crippen LogP contribution is -2.30. The van der Waals surface area contributed by atoms with E-state index in [1.54, 1.807) is 30.3 Å². The maximum absolute atomic E-state index is 11.9. The molecule has 0 saturated carbocycles. The molecule has 0 aliphatic rings. The van der Waals surface area contributed by atoms with Crippen LogP contribution in [0.15, 0.2) is 48.5 Å². The second-order valence-corrected chi connectivity index (χ2v) is 5.67. The Balaban J connectivity index is 1.74. The van der Waals surface area contributed by atoms with Crippen LogP contribution >= 0.6 is 23.2 Å². The minimum atomic E-state index is -0.297. The van der Waals surface area contributed by atoms with Crippen molar-refractivity contribution in [2.45, 2.75) is 13.0 Å². The minimum absolute atomic E-state index is 0.163. The largest absolute Gasteiger partial charge is 0.352 e. The first kappa shape index (κ1) is 17.3. The number of rotatable bonds is 6. The van der Waals surface area contributed by atoms with Crippen molar-refractivity contribution in [3.63, 3.8) is 0 Å². The van der Waals surface area contributed by atoms with E-state index < -0.39 is 0 Å². The van der Waals surface area contributed by atoms with E-state index in [9.17, 15) is 9.59 Å². The van der Waals surface area contributed by atoms with E-state index in [2.05, 4.69) is 10.6 Å². The first-order valence-corrected chi connectivity index (χ1v) is 7.86. The first-order valence-electron chi connectivity index (χ1n) is 7.11. The van der Waals surface area contributed by atoms with Crippen molar-refractivity contribution in [1.82, 2.24) is 10.6 Å². The Bertz CT molecular complexity index is 704. The highest BCUT2D eigenvalue weighted by molar-refractivity contribution is 6.33. The average Bonchev–Trinajstić information content (AvgIpc) is 2.54. The van der Waals surface area contributed by atoms with Crippen LogP contribution in [0.25, 0.3) is 0 Å². The van der Waals surface area contributed by atoms with Gasteiger partial charge in [0, 0.05) is 24.5 Å². The second kappa shape index (κ2) is 8.56. The van der Waals surface area contributed by atoms with Crippen LogP contribution in [0.2, 0.25) is 10.0 Å². The van der Waals surface area contributed by atoms with Crippen LogP contribution in [0.1, 0.15) is 22.3 Å². The van der Waals surface area contributed by atoms with Crippen molar-refractivity contribution >= 4 is 35.0 Å². The number of halogens is 2. The zero-order chi connectivity index (χ0) is 16.7. The van der Waals surface area contributed by atoms with Gasteiger partial charge < -0.3 is 10.6 Å². The molecule has 0 bridgehead atoms. The lowest BCUT2D eigenvalue weighted by atomic mass is 10.2. The summed E-state index contributed by atoms with van der Waals surface area (Å²) in [5, 5.41) is 6.43. The van der Waals surface area contributed by atoms with E-state index in [0.717, 1.165) is 5.56 Å². The third-order valence-corrected chi connectivity index (χ3v) is 3.89. The third kappa shape index (κ3) is 5.27. The summed E-state index contributed by atoms with van der Waals surface area (Å²) in [6.45, 7) is 0.593. The summed E-state index contributed by atoms with van der Waals surface area (Å²) in [6.07, 6.45) is 0.181. The molecule has 0 spiro atoms. The number of amides is 2. The van der Waals surface area contributed by atoms with Gasteiger partial charge >= 0.3 is 0 Å². The number of carbonyl (C=O) groups excluding carboxylic acids is 2. The predicted octanol–water partition coefficient (Wildman–Crippen LogP) is 3.43. The maximum atomic E-state index is 11.9. The molecule has 0 atom stereocenters. The fourth-order valence-corrected chi connectivity index (χ4v) is 2.38. The molecule has 2 rings (SSSR count). The number of hydrogen-bond donors (Lipinski definition) is 2. The summed E-state index contributed by atoms with van der Waals surface area (Å²) in [6, 6.07) is 14.1. The molecule has 2 aromatic rings. The Kier molecular flexibility index (Phi) is 6.44. The maximum Gasteiger partial charge on any atom is 0.252 e. The molecule has 4 nitrogen and oxygen atoms in total. The number of nitrogens with one attached hydrogen (secondary N) is 2. The topological polar surface area (TPSA) is 58.2 Å². The zero-order valence-corrected chi connectivity index (χ0v) is 13.8. The Morgan fingerprint density at radius 1 is 0.870 bits per heavy atom. The molecule has 2 amide bonds. The molecule has 6 heteroatoms. The van der Waals surface area contributed by atoms with Crippen LogP contribution in [-0.2, 0) is 11.3 Å². The minimum Gasteiger partial charge on any atom is -0.352 e. The fourth-order valence-electron chi connectivity index (χ4n) is 1.95. The summed E-state index contributed by atoms with van der Waals surface area (Å²) < 4.78 is 0. The van der Waals surface area contributed by atoms with Gasteiger partial charge in [0.2, 0.25) is 5.91 Å². The van der Waals surface area contributed by atoms with Crippen LogP contribution in [0, 0.1) is 0 Å². The van der Waals surface area contributed by atoms with Gasteiger partial charge in [-0.25, -0.2) is 0 Å². The van der Waals surface area contributed by atoms with E-state index >= 15 is 0 Å². The molecule has 2 N–H and O–H groups in total. The smallest absolute Gasteiger partial charge is 0.252 e. The van der Waals surface area contributed by atoms with Crippen molar-refractivity contribution in [3.8, 4) is 0 Å². The lowest BCUT2D eigenvalue weighted by molar-refractivity contribution is -0.121. The van der Waals surface area contributed by atoms with Gasteiger partial charge in [-0.05, 0) is 23.8 Å². The summed E-state index contributed by atoms with van der Waals surface area (Å²) in [7, 11) is 0. The van der Waals surface area contributed by atoms with E-state index in [0.29, 0.717) is 22.2 Å². The van der Waals surface area contributed by atoms with Crippen molar-refractivity contribution in [2.75, 3.05) is 6.54 Å². The Hall–Kier alpha value is -2.04. The average molecular weight is 351 g/mol. The molecule has 2 aromatic carbocycles. The highest BCUT2D eigenvalue weighted by Gasteiger charge is 2.10. The second-order valence-electron chi connectivity index (χ2n) is 4.85. The predicted molar refractivity (Wildman–Crippen MR) is 91.7 cm³/mol. The van der Waals surface area contributed by atoms with E-state index in [4.69, 9.17) is 23.2 Å². The highest BCUT2D eigenvalue weighted by Crippen LogP contribution is 2.15.